The minimum atomic E-state index is -4.45. The van der Waals surface area contributed by atoms with Gasteiger partial charge in [-0.1, -0.05) is 0 Å². The minimum Gasteiger partial charge on any atom is -0.468 e. The van der Waals surface area contributed by atoms with E-state index in [1.807, 2.05) is 18.7 Å². The van der Waals surface area contributed by atoms with Crippen LogP contribution in [0.5, 0.6) is 5.88 Å². The van der Waals surface area contributed by atoms with Crippen molar-refractivity contribution in [1.29, 1.82) is 0 Å². The van der Waals surface area contributed by atoms with Gasteiger partial charge in [0.1, 0.15) is 6.23 Å². The molecule has 3 unspecified atom stereocenters. The van der Waals surface area contributed by atoms with Crippen molar-refractivity contribution in [2.24, 2.45) is 0 Å². The van der Waals surface area contributed by atoms with Gasteiger partial charge in [-0.05, 0) is 44.0 Å². The summed E-state index contributed by atoms with van der Waals surface area (Å²) >= 11 is 0. The predicted octanol–water partition coefficient (Wildman–Crippen LogP) is 3.30. The Balaban J connectivity index is 1.48. The second-order valence-electron chi connectivity index (χ2n) is 9.36. The number of pyridine rings is 2. The van der Waals surface area contributed by atoms with Crippen LogP contribution < -0.4 is 4.74 Å². The molecule has 0 bridgehead atoms. The van der Waals surface area contributed by atoms with E-state index < -0.39 is 24.9 Å². The van der Waals surface area contributed by atoms with Gasteiger partial charge in [-0.2, -0.15) is 13.2 Å². The van der Waals surface area contributed by atoms with E-state index in [9.17, 15) is 23.1 Å². The van der Waals surface area contributed by atoms with E-state index in [0.717, 1.165) is 24.2 Å². The average molecular weight is 509 g/mol. The number of fused-ring (bicyclic) bond motifs is 1. The Morgan fingerprint density at radius 1 is 1.28 bits per heavy atom. The quantitative estimate of drug-likeness (QED) is 0.581. The topological polar surface area (TPSA) is 88.0 Å². The summed E-state index contributed by atoms with van der Waals surface area (Å²) in [6.45, 7) is 7.33. The Morgan fingerprint density at radius 3 is 2.67 bits per heavy atom. The van der Waals surface area contributed by atoms with Gasteiger partial charge in [0, 0.05) is 49.2 Å². The lowest BCUT2D eigenvalue weighted by atomic mass is 9.95. The van der Waals surface area contributed by atoms with Crippen molar-refractivity contribution in [2.45, 2.75) is 51.7 Å². The Kier molecular flexibility index (Phi) is 7.93. The molecule has 0 radical (unpaired) electrons. The van der Waals surface area contributed by atoms with Crippen molar-refractivity contribution in [2.75, 3.05) is 39.5 Å². The van der Waals surface area contributed by atoms with Gasteiger partial charge in [-0.15, -0.1) is 0 Å². The third-order valence-corrected chi connectivity index (χ3v) is 6.84. The van der Waals surface area contributed by atoms with Crippen LogP contribution in [0, 0.1) is 6.92 Å². The number of carbonyl (C=O) groups is 1. The minimum absolute atomic E-state index is 0.0630. The van der Waals surface area contributed by atoms with Crippen LogP contribution in [0.15, 0.2) is 24.5 Å². The Labute approximate surface area is 208 Å². The van der Waals surface area contributed by atoms with Crippen LogP contribution in [0.2, 0.25) is 0 Å². The number of carbonyl (C=O) groups excluding carboxylic acids is 1. The largest absolute Gasteiger partial charge is 0.468 e. The van der Waals surface area contributed by atoms with Gasteiger partial charge in [-0.3, -0.25) is 19.6 Å². The van der Waals surface area contributed by atoms with Crippen LogP contribution in [0.25, 0.3) is 0 Å². The molecule has 0 saturated carbocycles. The number of hydrogen-bond donors (Lipinski definition) is 1. The molecule has 11 heteroatoms. The van der Waals surface area contributed by atoms with Crippen LogP contribution in [0.4, 0.5) is 13.2 Å². The molecule has 4 rings (SSSR count). The molecule has 0 aliphatic carbocycles. The van der Waals surface area contributed by atoms with E-state index >= 15 is 0 Å². The van der Waals surface area contributed by atoms with Gasteiger partial charge in [-0.25, -0.2) is 4.98 Å². The maximum atomic E-state index is 13.0. The monoisotopic (exact) mass is 508 g/mol. The lowest BCUT2D eigenvalue weighted by molar-refractivity contribution is -0.154. The number of aryl methyl sites for hydroxylation is 1. The average Bonchev–Trinajstić information content (AvgIpc) is 3.19. The predicted molar refractivity (Wildman–Crippen MR) is 124 cm³/mol. The van der Waals surface area contributed by atoms with Gasteiger partial charge in [0.05, 0.1) is 31.4 Å². The Morgan fingerprint density at radius 2 is 2.00 bits per heavy atom. The fourth-order valence-electron chi connectivity index (χ4n) is 4.68. The number of alkyl halides is 3. The van der Waals surface area contributed by atoms with Crippen molar-refractivity contribution < 1.29 is 32.5 Å². The first kappa shape index (κ1) is 26.5. The number of halogens is 3. The van der Waals surface area contributed by atoms with Crippen LogP contribution in [0.3, 0.4) is 0 Å². The van der Waals surface area contributed by atoms with E-state index in [1.165, 1.54) is 6.20 Å². The van der Waals surface area contributed by atoms with Crippen molar-refractivity contribution in [3.05, 3.63) is 52.5 Å². The molecule has 2 aromatic heterocycles. The van der Waals surface area contributed by atoms with Crippen LogP contribution >= 0.6 is 0 Å². The second kappa shape index (κ2) is 10.8. The van der Waals surface area contributed by atoms with Crippen molar-refractivity contribution >= 4 is 5.78 Å². The maximum absolute atomic E-state index is 13.0. The van der Waals surface area contributed by atoms with E-state index in [0.29, 0.717) is 43.1 Å². The number of morpholine rings is 1. The highest BCUT2D eigenvalue weighted by Gasteiger charge is 2.36. The number of aromatic nitrogens is 2. The van der Waals surface area contributed by atoms with Gasteiger partial charge < -0.3 is 14.6 Å². The molecule has 0 amide bonds. The highest BCUT2D eigenvalue weighted by Crippen LogP contribution is 2.41. The summed E-state index contributed by atoms with van der Waals surface area (Å²) in [7, 11) is 0. The summed E-state index contributed by atoms with van der Waals surface area (Å²) in [5.74, 6) is -0.445. The highest BCUT2D eigenvalue weighted by atomic mass is 19.4. The zero-order valence-corrected chi connectivity index (χ0v) is 20.6. The number of aliphatic hydroxyl groups excluding tert-OH is 1. The molecule has 0 spiro atoms. The molecule has 1 N–H and O–H groups in total. The molecule has 1 saturated heterocycles. The van der Waals surface area contributed by atoms with Crippen LogP contribution in [-0.4, -0.2) is 76.3 Å². The number of hydrogen-bond acceptors (Lipinski definition) is 8. The first-order valence-corrected chi connectivity index (χ1v) is 12.0. The number of ether oxygens (including phenoxy) is 2. The number of ketones is 1. The highest BCUT2D eigenvalue weighted by molar-refractivity contribution is 5.87. The molecule has 196 valence electrons. The SMILES string of the molecule is Cc1cc(C(C)N2Cc3c(ccnc3C(C)C(=O)CN3CCOCC3)C2O)cnc1OCC(F)(F)F. The molecular weight excluding hydrogens is 477 g/mol. The molecular formula is C25H31F3N4O4. The van der Waals surface area contributed by atoms with Gasteiger partial charge >= 0.3 is 6.18 Å². The summed E-state index contributed by atoms with van der Waals surface area (Å²) in [5, 5.41) is 11.1. The van der Waals surface area contributed by atoms with Gasteiger partial charge in [0.25, 0.3) is 0 Å². The molecule has 2 aliphatic rings. The molecule has 2 aromatic rings. The number of Topliss-reactive ketones (excluding diaryl/α,β-unsaturated/α-hetero) is 1. The summed E-state index contributed by atoms with van der Waals surface area (Å²) in [5.41, 5.74) is 3.39. The first-order chi connectivity index (χ1) is 17.0. The van der Waals surface area contributed by atoms with Gasteiger partial charge in [0.2, 0.25) is 5.88 Å². The van der Waals surface area contributed by atoms with E-state index in [2.05, 4.69) is 14.9 Å². The van der Waals surface area contributed by atoms with Gasteiger partial charge in [0.15, 0.2) is 12.4 Å². The summed E-state index contributed by atoms with van der Waals surface area (Å²) in [4.78, 5) is 25.5. The number of aliphatic hydroxyl groups is 1. The molecule has 0 aromatic carbocycles. The van der Waals surface area contributed by atoms with E-state index in [-0.39, 0.29) is 17.7 Å². The fraction of sp³-hybridized carbons (Fsp3) is 0.560. The second-order valence-corrected chi connectivity index (χ2v) is 9.36. The fourth-order valence-corrected chi connectivity index (χ4v) is 4.68. The molecule has 2 aliphatic heterocycles. The Hall–Kier alpha value is -2.60. The van der Waals surface area contributed by atoms with Crippen molar-refractivity contribution in [1.82, 2.24) is 19.8 Å². The molecule has 3 atom stereocenters. The standard InChI is InChI=1S/C25H31F3N4O4/c1-15-10-18(11-30-23(15)36-14-25(26,27)28)17(3)32-12-20-19(24(32)34)4-5-29-22(20)16(2)21(33)13-31-6-8-35-9-7-31/h4-5,10-11,16-17,24,34H,6-9,12-14H2,1-3H3. The lowest BCUT2D eigenvalue weighted by Crippen LogP contribution is -2.40. The molecule has 8 nitrogen and oxygen atoms in total. The third kappa shape index (κ3) is 5.86. The first-order valence-electron chi connectivity index (χ1n) is 12.0. The van der Waals surface area contributed by atoms with Crippen LogP contribution in [0.1, 0.15) is 60.0 Å². The zero-order valence-electron chi connectivity index (χ0n) is 20.6. The maximum Gasteiger partial charge on any atom is 0.422 e. The normalized spacial score (nSPS) is 20.7. The van der Waals surface area contributed by atoms with E-state index in [4.69, 9.17) is 9.47 Å². The van der Waals surface area contributed by atoms with Crippen molar-refractivity contribution in [3.8, 4) is 5.88 Å². The van der Waals surface area contributed by atoms with Crippen LogP contribution in [-0.2, 0) is 16.1 Å². The molecule has 36 heavy (non-hydrogen) atoms. The van der Waals surface area contributed by atoms with E-state index in [1.54, 1.807) is 25.3 Å². The van der Waals surface area contributed by atoms with Crippen molar-refractivity contribution in [3.63, 3.8) is 0 Å². The summed E-state index contributed by atoms with van der Waals surface area (Å²) in [6, 6.07) is 3.17. The summed E-state index contributed by atoms with van der Waals surface area (Å²) in [6.07, 6.45) is -2.28. The lowest BCUT2D eigenvalue weighted by Gasteiger charge is -2.28. The zero-order chi connectivity index (χ0) is 26.0. The number of nitrogens with zero attached hydrogens (tertiary/aromatic N) is 4. The summed E-state index contributed by atoms with van der Waals surface area (Å²) < 4.78 is 47.6. The smallest absolute Gasteiger partial charge is 0.422 e. The molecule has 1 fully saturated rings. The third-order valence-electron chi connectivity index (χ3n) is 6.84. The molecule has 4 heterocycles. The Bertz CT molecular complexity index is 1090. The number of rotatable bonds is 8.